The van der Waals surface area contributed by atoms with E-state index in [1.54, 1.807) is 25.1 Å². The number of hydrogen-bond donors (Lipinski definition) is 3. The molecule has 10 heteroatoms. The molecule has 2 rings (SSSR count). The van der Waals surface area contributed by atoms with Crippen LogP contribution in [0.5, 0.6) is 0 Å². The van der Waals surface area contributed by atoms with Gasteiger partial charge in [-0.25, -0.2) is 14.7 Å². The average molecular weight is 454 g/mol. The smallest absolute Gasteiger partial charge is 0.303 e. The van der Waals surface area contributed by atoms with Crippen molar-refractivity contribution < 1.29 is 19.8 Å². The van der Waals surface area contributed by atoms with Gasteiger partial charge in [0.2, 0.25) is 5.91 Å². The van der Waals surface area contributed by atoms with Crippen LogP contribution >= 0.6 is 11.6 Å². The summed E-state index contributed by atoms with van der Waals surface area (Å²) in [5.74, 6) is -1.24. The number of aliphatic hydroxyl groups is 1. The van der Waals surface area contributed by atoms with Crippen LogP contribution in [-0.2, 0) is 16.0 Å². The van der Waals surface area contributed by atoms with Gasteiger partial charge in [-0.2, -0.15) is 5.10 Å². The van der Waals surface area contributed by atoms with Gasteiger partial charge in [0.15, 0.2) is 0 Å². The van der Waals surface area contributed by atoms with Crippen LogP contribution in [0, 0.1) is 5.41 Å². The van der Waals surface area contributed by atoms with E-state index in [0.29, 0.717) is 11.4 Å². The van der Waals surface area contributed by atoms with Gasteiger partial charge < -0.3 is 10.2 Å². The van der Waals surface area contributed by atoms with Crippen molar-refractivity contribution in [1.82, 2.24) is 25.2 Å². The molecular formula is C21H32ClN5O4. The number of carbonyl (C=O) groups excluding carboxylic acids is 1. The van der Waals surface area contributed by atoms with E-state index < -0.39 is 12.1 Å². The number of halogens is 1. The molecule has 0 unspecified atom stereocenters. The van der Waals surface area contributed by atoms with E-state index in [-0.39, 0.29) is 30.2 Å². The Kier molecular flexibility index (Phi) is 10.6. The van der Waals surface area contributed by atoms with E-state index in [2.05, 4.69) is 15.5 Å². The molecule has 31 heavy (non-hydrogen) atoms. The molecule has 2 atom stereocenters. The van der Waals surface area contributed by atoms with Crippen molar-refractivity contribution in [3.05, 3.63) is 47.5 Å². The Morgan fingerprint density at radius 1 is 1.19 bits per heavy atom. The second-order valence-electron chi connectivity index (χ2n) is 8.41. The number of nitrogens with one attached hydrogen (secondary N) is 1. The topological polar surface area (TPSA) is 121 Å². The number of benzene rings is 1. The second-order valence-corrected chi connectivity index (χ2v) is 8.84. The van der Waals surface area contributed by atoms with Crippen LogP contribution in [0.3, 0.4) is 0 Å². The summed E-state index contributed by atoms with van der Waals surface area (Å²) in [6.45, 7) is 6.05. The molecule has 3 N–H and O–H groups in total. The van der Waals surface area contributed by atoms with Crippen LogP contribution in [0.1, 0.15) is 45.2 Å². The van der Waals surface area contributed by atoms with Gasteiger partial charge in [-0.1, -0.05) is 44.5 Å². The Labute approximate surface area is 188 Å². The van der Waals surface area contributed by atoms with Crippen LogP contribution in [0.4, 0.5) is 0 Å². The van der Waals surface area contributed by atoms with Gasteiger partial charge in [0, 0.05) is 25.5 Å². The molecule has 0 aliphatic rings. The van der Waals surface area contributed by atoms with Crippen molar-refractivity contribution >= 4 is 23.5 Å². The zero-order chi connectivity index (χ0) is 23.6. The maximum atomic E-state index is 10.7. The van der Waals surface area contributed by atoms with E-state index in [1.165, 1.54) is 11.3 Å². The number of carbonyl (C=O) groups is 2. The van der Waals surface area contributed by atoms with E-state index in [1.807, 2.05) is 45.0 Å². The Morgan fingerprint density at radius 3 is 2.26 bits per heavy atom. The Morgan fingerprint density at radius 2 is 1.81 bits per heavy atom. The highest BCUT2D eigenvalue weighted by molar-refractivity contribution is 6.30. The molecule has 2 aromatic rings. The molecule has 0 radical (unpaired) electrons. The molecule has 1 heterocycles. The van der Waals surface area contributed by atoms with Crippen molar-refractivity contribution in [3.63, 3.8) is 0 Å². The molecule has 172 valence electrons. The molecule has 0 spiro atoms. The maximum absolute atomic E-state index is 10.7. The molecule has 0 bridgehead atoms. The van der Waals surface area contributed by atoms with Crippen molar-refractivity contribution in [2.45, 2.75) is 52.2 Å². The number of amides is 1. The fourth-order valence-electron chi connectivity index (χ4n) is 2.70. The van der Waals surface area contributed by atoms with Crippen LogP contribution < -0.4 is 5.43 Å². The third-order valence-corrected chi connectivity index (χ3v) is 4.55. The minimum absolute atomic E-state index is 0.0213. The third kappa shape index (κ3) is 10.4. The SMILES string of the molecule is CC(C)(C)[C@H](O)[C@H](Cc1ccc(Cl)cc1)n1cncn1.CN(C)NC(=O)CCC(=O)O. The molecule has 1 aromatic heterocycles. The molecule has 0 saturated heterocycles. The quantitative estimate of drug-likeness (QED) is 0.525. The van der Waals surface area contributed by atoms with Crippen LogP contribution in [0.15, 0.2) is 36.9 Å². The number of carboxylic acid groups (broad SMARTS) is 1. The lowest BCUT2D eigenvalue weighted by molar-refractivity contribution is -0.139. The van der Waals surface area contributed by atoms with E-state index in [9.17, 15) is 14.7 Å². The number of aromatic nitrogens is 3. The lowest BCUT2D eigenvalue weighted by atomic mass is 9.82. The first-order chi connectivity index (χ1) is 14.4. The van der Waals surface area contributed by atoms with Gasteiger partial charge in [-0.05, 0) is 29.5 Å². The maximum Gasteiger partial charge on any atom is 0.303 e. The summed E-state index contributed by atoms with van der Waals surface area (Å²) in [5, 5.41) is 25.2. The summed E-state index contributed by atoms with van der Waals surface area (Å²) >= 11 is 5.91. The standard InChI is InChI=1S/C15H20ClN3O.C6H12N2O3/c1-15(2,3)14(20)13(19-10-17-9-18-19)8-11-4-6-12(16)7-5-11;1-8(2)7-5(9)3-4-6(10)11/h4-7,9-10,13-14,20H,8H2,1-3H3;3-4H2,1-2H3,(H,7,9)(H,10,11)/t13-,14+;/m0./s1. The number of aliphatic hydroxyl groups excluding tert-OH is 1. The molecule has 1 aromatic carbocycles. The summed E-state index contributed by atoms with van der Waals surface area (Å²) in [6, 6.07) is 7.51. The van der Waals surface area contributed by atoms with E-state index in [4.69, 9.17) is 16.7 Å². The summed E-state index contributed by atoms with van der Waals surface area (Å²) in [4.78, 5) is 24.7. The largest absolute Gasteiger partial charge is 0.481 e. The number of nitrogens with zero attached hydrogens (tertiary/aromatic N) is 4. The third-order valence-electron chi connectivity index (χ3n) is 4.30. The van der Waals surface area contributed by atoms with Gasteiger partial charge in [0.1, 0.15) is 12.7 Å². The fourth-order valence-corrected chi connectivity index (χ4v) is 2.83. The number of hydrazine groups is 1. The molecule has 1 amide bonds. The lowest BCUT2D eigenvalue weighted by Gasteiger charge is -2.33. The molecule has 9 nitrogen and oxygen atoms in total. The number of hydrogen-bond acceptors (Lipinski definition) is 6. The van der Waals surface area contributed by atoms with E-state index in [0.717, 1.165) is 5.56 Å². The second kappa shape index (κ2) is 12.4. The molecular weight excluding hydrogens is 422 g/mol. The first-order valence-electron chi connectivity index (χ1n) is 9.85. The summed E-state index contributed by atoms with van der Waals surface area (Å²) in [5.41, 5.74) is 3.31. The fraction of sp³-hybridized carbons (Fsp3) is 0.524. The molecule has 0 saturated carbocycles. The van der Waals surface area contributed by atoms with Crippen molar-refractivity contribution in [1.29, 1.82) is 0 Å². The van der Waals surface area contributed by atoms with Gasteiger partial charge in [-0.15, -0.1) is 0 Å². The Bertz CT molecular complexity index is 804. The highest BCUT2D eigenvalue weighted by atomic mass is 35.5. The van der Waals surface area contributed by atoms with Crippen molar-refractivity contribution in [2.24, 2.45) is 5.41 Å². The number of aliphatic carboxylic acids is 1. The number of rotatable bonds is 8. The minimum Gasteiger partial charge on any atom is -0.481 e. The first-order valence-corrected chi connectivity index (χ1v) is 10.2. The van der Waals surface area contributed by atoms with Gasteiger partial charge >= 0.3 is 5.97 Å². The van der Waals surface area contributed by atoms with Gasteiger partial charge in [0.25, 0.3) is 0 Å². The monoisotopic (exact) mass is 453 g/mol. The zero-order valence-corrected chi connectivity index (χ0v) is 19.4. The van der Waals surface area contributed by atoms with Crippen molar-refractivity contribution in [3.8, 4) is 0 Å². The predicted octanol–water partition coefficient (Wildman–Crippen LogP) is 2.57. The molecule has 0 fully saturated rings. The average Bonchev–Trinajstić information content (AvgIpc) is 3.19. The van der Waals surface area contributed by atoms with Crippen LogP contribution in [0.2, 0.25) is 5.02 Å². The first kappa shape index (κ1) is 26.5. The zero-order valence-electron chi connectivity index (χ0n) is 18.6. The summed E-state index contributed by atoms with van der Waals surface area (Å²) in [6.07, 6.45) is 3.19. The summed E-state index contributed by atoms with van der Waals surface area (Å²) in [7, 11) is 3.33. The van der Waals surface area contributed by atoms with Crippen molar-refractivity contribution in [2.75, 3.05) is 14.1 Å². The highest BCUT2D eigenvalue weighted by Crippen LogP contribution is 2.30. The normalized spacial score (nSPS) is 13.2. The lowest BCUT2D eigenvalue weighted by Crippen LogP contribution is -2.37. The van der Waals surface area contributed by atoms with Crippen LogP contribution in [-0.4, -0.2) is 62.1 Å². The highest BCUT2D eigenvalue weighted by Gasteiger charge is 2.32. The minimum atomic E-state index is -0.959. The molecule has 0 aliphatic carbocycles. The van der Waals surface area contributed by atoms with Crippen LogP contribution in [0.25, 0.3) is 0 Å². The molecule has 0 aliphatic heterocycles. The predicted molar refractivity (Wildman–Crippen MR) is 118 cm³/mol. The van der Waals surface area contributed by atoms with Gasteiger partial charge in [-0.3, -0.25) is 15.0 Å². The number of carboxylic acids is 1. The van der Waals surface area contributed by atoms with E-state index >= 15 is 0 Å². The summed E-state index contributed by atoms with van der Waals surface area (Å²) < 4.78 is 1.73. The Hall–Kier alpha value is -2.49. The Balaban J connectivity index is 0.000000373. The van der Waals surface area contributed by atoms with Gasteiger partial charge in [0.05, 0.1) is 18.6 Å².